The van der Waals surface area contributed by atoms with Crippen molar-refractivity contribution >= 4 is 24.2 Å². The van der Waals surface area contributed by atoms with Gasteiger partial charge in [0.05, 0.1) is 0 Å². The number of halogens is 2. The molecule has 1 fully saturated rings. The second-order valence-electron chi connectivity index (χ2n) is 6.38. The largest absolute Gasteiger partial charge is 0.341 e. The van der Waals surface area contributed by atoms with E-state index in [4.69, 9.17) is 5.73 Å². The van der Waals surface area contributed by atoms with Gasteiger partial charge >= 0.3 is 0 Å². The highest BCUT2D eigenvalue weighted by Crippen LogP contribution is 2.18. The van der Waals surface area contributed by atoms with Crippen LogP contribution in [0.15, 0.2) is 24.3 Å². The Kier molecular flexibility index (Phi) is 7.63. The Bertz CT molecular complexity index is 565. The first kappa shape index (κ1) is 20.4. The van der Waals surface area contributed by atoms with Crippen molar-refractivity contribution in [1.29, 1.82) is 0 Å². The van der Waals surface area contributed by atoms with E-state index in [-0.39, 0.29) is 30.1 Å². The Morgan fingerprint density at radius 1 is 1.33 bits per heavy atom. The topological polar surface area (TPSA) is 75.4 Å². The molecular formula is C17H25ClFN3O2. The molecule has 0 aromatic heterocycles. The van der Waals surface area contributed by atoms with Gasteiger partial charge in [0.2, 0.25) is 5.91 Å². The third kappa shape index (κ3) is 4.92. The lowest BCUT2D eigenvalue weighted by atomic mass is 10.0. The molecule has 5 nitrogen and oxygen atoms in total. The molecule has 2 rings (SSSR count). The molecule has 0 bridgehead atoms. The summed E-state index contributed by atoms with van der Waals surface area (Å²) in [6.07, 6.45) is 0.902. The molecule has 0 spiro atoms. The van der Waals surface area contributed by atoms with Crippen LogP contribution in [0.1, 0.15) is 30.6 Å². The number of rotatable bonds is 5. The van der Waals surface area contributed by atoms with Gasteiger partial charge < -0.3 is 16.0 Å². The number of carbonyl (C=O) groups excluding carboxylic acids is 2. The molecule has 1 aliphatic heterocycles. The Morgan fingerprint density at radius 3 is 2.46 bits per heavy atom. The average molecular weight is 358 g/mol. The summed E-state index contributed by atoms with van der Waals surface area (Å²) in [6.45, 7) is 5.67. The summed E-state index contributed by atoms with van der Waals surface area (Å²) in [7, 11) is 0. The fourth-order valence-electron chi connectivity index (χ4n) is 2.76. The summed E-state index contributed by atoms with van der Waals surface area (Å²) in [5.74, 6) is -0.552. The van der Waals surface area contributed by atoms with Gasteiger partial charge in [0.15, 0.2) is 0 Å². The maximum Gasteiger partial charge on any atom is 0.251 e. The van der Waals surface area contributed by atoms with Crippen LogP contribution in [0.25, 0.3) is 0 Å². The normalized spacial score (nSPS) is 18.2. The van der Waals surface area contributed by atoms with Gasteiger partial charge in [-0.25, -0.2) is 4.39 Å². The number of likely N-dealkylation sites (tertiary alicyclic amines) is 1. The van der Waals surface area contributed by atoms with Crippen LogP contribution in [-0.4, -0.2) is 42.4 Å². The van der Waals surface area contributed by atoms with Gasteiger partial charge in [0.1, 0.15) is 11.9 Å². The summed E-state index contributed by atoms with van der Waals surface area (Å²) in [6, 6.07) is 4.68. The summed E-state index contributed by atoms with van der Waals surface area (Å²) in [5.41, 5.74) is 6.00. The molecule has 1 aromatic rings. The van der Waals surface area contributed by atoms with E-state index in [2.05, 4.69) is 5.32 Å². The van der Waals surface area contributed by atoms with Crippen molar-refractivity contribution in [2.24, 2.45) is 17.6 Å². The Balaban J connectivity index is 0.00000288. The predicted octanol–water partition coefficient (Wildman–Crippen LogP) is 1.81. The molecule has 3 N–H and O–H groups in total. The molecule has 134 valence electrons. The Labute approximate surface area is 148 Å². The number of carbonyl (C=O) groups is 2. The van der Waals surface area contributed by atoms with Crippen LogP contribution in [0, 0.1) is 17.7 Å². The summed E-state index contributed by atoms with van der Waals surface area (Å²) in [5, 5.41) is 2.78. The van der Waals surface area contributed by atoms with Gasteiger partial charge in [0, 0.05) is 18.7 Å². The van der Waals surface area contributed by atoms with E-state index in [1.807, 2.05) is 13.8 Å². The van der Waals surface area contributed by atoms with Crippen LogP contribution in [0.4, 0.5) is 4.39 Å². The van der Waals surface area contributed by atoms with Crippen LogP contribution in [-0.2, 0) is 4.79 Å². The highest BCUT2D eigenvalue weighted by atomic mass is 35.5. The van der Waals surface area contributed by atoms with Crippen LogP contribution < -0.4 is 11.1 Å². The van der Waals surface area contributed by atoms with Gasteiger partial charge in [-0.15, -0.1) is 12.4 Å². The van der Waals surface area contributed by atoms with Crippen molar-refractivity contribution in [1.82, 2.24) is 10.2 Å². The quantitative estimate of drug-likeness (QED) is 0.843. The third-order valence-electron chi connectivity index (χ3n) is 4.26. The van der Waals surface area contributed by atoms with Gasteiger partial charge in [-0.1, -0.05) is 13.8 Å². The molecule has 24 heavy (non-hydrogen) atoms. The SMILES string of the molecule is CC(C)C(NC(=O)c1ccc(F)cc1)C(=O)N1CCC(CN)C1.Cl. The van der Waals surface area contributed by atoms with Crippen molar-refractivity contribution in [3.63, 3.8) is 0 Å². The average Bonchev–Trinajstić information content (AvgIpc) is 3.01. The summed E-state index contributed by atoms with van der Waals surface area (Å²) >= 11 is 0. The van der Waals surface area contributed by atoms with Gasteiger partial charge in [-0.3, -0.25) is 9.59 Å². The zero-order valence-electron chi connectivity index (χ0n) is 14.0. The standard InChI is InChI=1S/C17H24FN3O2.ClH/c1-11(2)15(17(23)21-8-7-12(9-19)10-21)20-16(22)13-3-5-14(18)6-4-13;/h3-6,11-12,15H,7-10,19H2,1-2H3,(H,20,22);1H. The molecule has 2 amide bonds. The minimum atomic E-state index is -0.593. The minimum absolute atomic E-state index is 0. The smallest absolute Gasteiger partial charge is 0.251 e. The second-order valence-corrected chi connectivity index (χ2v) is 6.38. The number of amides is 2. The van der Waals surface area contributed by atoms with Crippen LogP contribution >= 0.6 is 12.4 Å². The highest BCUT2D eigenvalue weighted by molar-refractivity contribution is 5.97. The summed E-state index contributed by atoms with van der Waals surface area (Å²) < 4.78 is 12.9. The first-order chi connectivity index (χ1) is 10.9. The lowest BCUT2D eigenvalue weighted by molar-refractivity contribution is -0.133. The van der Waals surface area contributed by atoms with E-state index in [0.717, 1.165) is 6.42 Å². The van der Waals surface area contributed by atoms with Gasteiger partial charge in [-0.2, -0.15) is 0 Å². The Hall–Kier alpha value is -1.66. The van der Waals surface area contributed by atoms with Crippen molar-refractivity contribution in [3.05, 3.63) is 35.6 Å². The zero-order chi connectivity index (χ0) is 17.0. The second kappa shape index (κ2) is 8.99. The molecule has 2 unspecified atom stereocenters. The minimum Gasteiger partial charge on any atom is -0.341 e. The predicted molar refractivity (Wildman–Crippen MR) is 93.5 cm³/mol. The van der Waals surface area contributed by atoms with E-state index in [1.54, 1.807) is 4.90 Å². The molecule has 2 atom stereocenters. The number of nitrogens with two attached hydrogens (primary N) is 1. The molecular weight excluding hydrogens is 333 g/mol. The van der Waals surface area contributed by atoms with Gasteiger partial charge in [-0.05, 0) is 49.1 Å². The fraction of sp³-hybridized carbons (Fsp3) is 0.529. The molecule has 1 aromatic carbocycles. The zero-order valence-corrected chi connectivity index (χ0v) is 14.8. The van der Waals surface area contributed by atoms with E-state index in [1.165, 1.54) is 24.3 Å². The van der Waals surface area contributed by atoms with E-state index in [0.29, 0.717) is 31.1 Å². The molecule has 1 aliphatic rings. The number of benzene rings is 1. The van der Waals surface area contributed by atoms with E-state index in [9.17, 15) is 14.0 Å². The molecule has 0 saturated carbocycles. The summed E-state index contributed by atoms with van der Waals surface area (Å²) in [4.78, 5) is 26.7. The third-order valence-corrected chi connectivity index (χ3v) is 4.26. The van der Waals surface area contributed by atoms with E-state index >= 15 is 0 Å². The van der Waals surface area contributed by atoms with Crippen molar-refractivity contribution in [3.8, 4) is 0 Å². The molecule has 0 aliphatic carbocycles. The lowest BCUT2D eigenvalue weighted by Crippen LogP contribution is -2.50. The van der Waals surface area contributed by atoms with E-state index < -0.39 is 11.9 Å². The maximum atomic E-state index is 12.9. The highest BCUT2D eigenvalue weighted by Gasteiger charge is 2.32. The van der Waals surface area contributed by atoms with Crippen LogP contribution in [0.2, 0.25) is 0 Å². The van der Waals surface area contributed by atoms with Gasteiger partial charge in [0.25, 0.3) is 5.91 Å². The lowest BCUT2D eigenvalue weighted by Gasteiger charge is -2.27. The number of nitrogens with one attached hydrogen (secondary N) is 1. The molecule has 1 saturated heterocycles. The fourth-order valence-corrected chi connectivity index (χ4v) is 2.76. The Morgan fingerprint density at radius 2 is 1.96 bits per heavy atom. The molecule has 0 radical (unpaired) electrons. The van der Waals surface area contributed by atoms with Crippen LogP contribution in [0.3, 0.4) is 0 Å². The molecule has 7 heteroatoms. The van der Waals surface area contributed by atoms with Crippen molar-refractivity contribution in [2.45, 2.75) is 26.3 Å². The monoisotopic (exact) mass is 357 g/mol. The maximum absolute atomic E-state index is 12.9. The number of hydrogen-bond donors (Lipinski definition) is 2. The molecule has 1 heterocycles. The van der Waals surface area contributed by atoms with Crippen molar-refractivity contribution in [2.75, 3.05) is 19.6 Å². The van der Waals surface area contributed by atoms with Crippen LogP contribution in [0.5, 0.6) is 0 Å². The van der Waals surface area contributed by atoms with Crippen molar-refractivity contribution < 1.29 is 14.0 Å². The number of nitrogens with zero attached hydrogens (tertiary/aromatic N) is 1. The number of hydrogen-bond acceptors (Lipinski definition) is 3. The first-order valence-electron chi connectivity index (χ1n) is 7.97. The first-order valence-corrected chi connectivity index (χ1v) is 7.97.